The molecule has 0 spiro atoms. The Kier molecular flexibility index (Phi) is 7.52. The van der Waals surface area contributed by atoms with Gasteiger partial charge in [0.15, 0.2) is 5.78 Å². The third-order valence-electron chi connectivity index (χ3n) is 4.64. The Balaban J connectivity index is 2.05. The van der Waals surface area contributed by atoms with Crippen molar-refractivity contribution >= 4 is 29.1 Å². The first-order valence-electron chi connectivity index (χ1n) is 8.98. The molecule has 2 aromatic carbocycles. The van der Waals surface area contributed by atoms with Gasteiger partial charge in [0.25, 0.3) is 0 Å². The number of rotatable bonds is 8. The fraction of sp³-hybridized carbons (Fsp3) is 0.364. The Bertz CT molecular complexity index is 893. The largest absolute Gasteiger partial charge is 0.497 e. The quantitative estimate of drug-likeness (QED) is 0.649. The average molecular weight is 402 g/mol. The third-order valence-corrected chi connectivity index (χ3v) is 5.60. The molecule has 0 radical (unpaired) electrons. The van der Waals surface area contributed by atoms with Crippen molar-refractivity contribution in [1.82, 2.24) is 0 Å². The summed E-state index contributed by atoms with van der Waals surface area (Å²) in [6.45, 7) is 7.58. The predicted molar refractivity (Wildman–Crippen MR) is 115 cm³/mol. The van der Waals surface area contributed by atoms with Crippen LogP contribution in [0.1, 0.15) is 39.5 Å². The Morgan fingerprint density at radius 2 is 1.75 bits per heavy atom. The van der Waals surface area contributed by atoms with Crippen LogP contribution in [0.4, 0.5) is 5.69 Å². The zero-order valence-electron chi connectivity index (χ0n) is 17.3. The van der Waals surface area contributed by atoms with Crippen LogP contribution < -0.4 is 14.8 Å². The predicted octanol–water partition coefficient (Wildman–Crippen LogP) is 4.70. The number of ketones is 1. The Morgan fingerprint density at radius 3 is 2.36 bits per heavy atom. The van der Waals surface area contributed by atoms with Crippen LogP contribution in [0.25, 0.3) is 0 Å². The van der Waals surface area contributed by atoms with Gasteiger partial charge in [-0.1, -0.05) is 6.07 Å². The smallest absolute Gasteiger partial charge is 0.234 e. The van der Waals surface area contributed by atoms with Crippen molar-refractivity contribution in [3.63, 3.8) is 0 Å². The summed E-state index contributed by atoms with van der Waals surface area (Å²) in [5, 5.41) is 2.87. The minimum absolute atomic E-state index is 0.0733. The molecule has 0 bridgehead atoms. The molecule has 1 amide bonds. The van der Waals surface area contributed by atoms with Crippen LogP contribution in [0.3, 0.4) is 0 Å². The first-order valence-corrected chi connectivity index (χ1v) is 10.1. The van der Waals surface area contributed by atoms with E-state index in [0.717, 1.165) is 27.8 Å². The topological polar surface area (TPSA) is 64.6 Å². The van der Waals surface area contributed by atoms with E-state index in [2.05, 4.69) is 5.32 Å². The summed E-state index contributed by atoms with van der Waals surface area (Å²) in [4.78, 5) is 24.3. The Morgan fingerprint density at radius 1 is 1.04 bits per heavy atom. The van der Waals surface area contributed by atoms with Crippen LogP contribution in [0.15, 0.2) is 24.3 Å². The van der Waals surface area contributed by atoms with Crippen LogP contribution in [-0.2, 0) is 10.5 Å². The molecule has 0 aliphatic rings. The van der Waals surface area contributed by atoms with Crippen LogP contribution in [-0.4, -0.2) is 31.7 Å². The standard InChI is InChI=1S/C22H27NO4S/c1-13-9-14(2)22(16(4)24)15(3)18(13)11-28-12-21(25)23-19-10-17(26-5)7-8-20(19)27-6/h7-10H,11-12H2,1-6H3,(H,23,25). The molecule has 0 atom stereocenters. The number of carbonyl (C=O) groups is 2. The lowest BCUT2D eigenvalue weighted by atomic mass is 9.92. The van der Waals surface area contributed by atoms with E-state index < -0.39 is 0 Å². The number of Topliss-reactive ketones (excluding diaryl/α,β-unsaturated/α-hetero) is 1. The van der Waals surface area contributed by atoms with Gasteiger partial charge < -0.3 is 14.8 Å². The molecule has 6 heteroatoms. The number of methoxy groups -OCH3 is 2. The van der Waals surface area contributed by atoms with Crippen LogP contribution in [0, 0.1) is 20.8 Å². The number of nitrogens with one attached hydrogen (secondary N) is 1. The minimum atomic E-state index is -0.120. The summed E-state index contributed by atoms with van der Waals surface area (Å²) >= 11 is 1.52. The first-order chi connectivity index (χ1) is 13.3. The van der Waals surface area contributed by atoms with E-state index >= 15 is 0 Å². The molecule has 5 nitrogen and oxygen atoms in total. The number of amides is 1. The maximum atomic E-state index is 12.4. The summed E-state index contributed by atoms with van der Waals surface area (Å²) in [7, 11) is 3.13. The summed E-state index contributed by atoms with van der Waals surface area (Å²) in [5.41, 5.74) is 5.63. The first kappa shape index (κ1) is 21.8. The molecular weight excluding hydrogens is 374 g/mol. The second-order valence-corrected chi connectivity index (χ2v) is 7.64. The number of hydrogen-bond donors (Lipinski definition) is 1. The monoisotopic (exact) mass is 401 g/mol. The van der Waals surface area contributed by atoms with Crippen molar-refractivity contribution < 1.29 is 19.1 Å². The van der Waals surface area contributed by atoms with Gasteiger partial charge in [0.2, 0.25) is 5.91 Å². The van der Waals surface area contributed by atoms with Crippen molar-refractivity contribution in [3.05, 3.63) is 52.1 Å². The van der Waals surface area contributed by atoms with Gasteiger partial charge in [-0.15, -0.1) is 11.8 Å². The molecule has 0 saturated heterocycles. The molecule has 0 aliphatic heterocycles. The van der Waals surface area contributed by atoms with Gasteiger partial charge in [0.1, 0.15) is 11.5 Å². The fourth-order valence-corrected chi connectivity index (χ4v) is 4.34. The summed E-state index contributed by atoms with van der Waals surface area (Å²) in [6, 6.07) is 7.30. The maximum Gasteiger partial charge on any atom is 0.234 e. The van der Waals surface area contributed by atoms with Crippen molar-refractivity contribution in [2.45, 2.75) is 33.4 Å². The normalized spacial score (nSPS) is 10.5. The van der Waals surface area contributed by atoms with Gasteiger partial charge in [-0.05, 0) is 62.1 Å². The second kappa shape index (κ2) is 9.64. The number of hydrogen-bond acceptors (Lipinski definition) is 5. The maximum absolute atomic E-state index is 12.4. The lowest BCUT2D eigenvalue weighted by Crippen LogP contribution is -2.15. The van der Waals surface area contributed by atoms with Crippen molar-refractivity contribution in [2.24, 2.45) is 0 Å². The van der Waals surface area contributed by atoms with E-state index in [1.807, 2.05) is 26.8 Å². The number of aryl methyl sites for hydroxylation is 2. The zero-order chi connectivity index (χ0) is 20.8. The summed E-state index contributed by atoms with van der Waals surface area (Å²) < 4.78 is 10.5. The number of thioether (sulfide) groups is 1. The highest BCUT2D eigenvalue weighted by atomic mass is 32.2. The molecule has 0 aliphatic carbocycles. The van der Waals surface area contributed by atoms with Crippen LogP contribution in [0.5, 0.6) is 11.5 Å². The number of ether oxygens (including phenoxy) is 2. The Hall–Kier alpha value is -2.47. The summed E-state index contributed by atoms with van der Waals surface area (Å²) in [6.07, 6.45) is 0. The highest BCUT2D eigenvalue weighted by Gasteiger charge is 2.15. The van der Waals surface area contributed by atoms with E-state index in [4.69, 9.17) is 9.47 Å². The fourth-order valence-electron chi connectivity index (χ4n) is 3.33. The summed E-state index contributed by atoms with van der Waals surface area (Å²) in [5.74, 6) is 2.14. The Labute approximate surface area is 170 Å². The van der Waals surface area contributed by atoms with Gasteiger partial charge in [-0.25, -0.2) is 0 Å². The lowest BCUT2D eigenvalue weighted by Gasteiger charge is -2.16. The zero-order valence-corrected chi connectivity index (χ0v) is 18.1. The SMILES string of the molecule is COc1ccc(OC)c(NC(=O)CSCc2c(C)cc(C)c(C(C)=O)c2C)c1. The number of carbonyl (C=O) groups excluding carboxylic acids is 2. The molecular formula is C22H27NO4S. The van der Waals surface area contributed by atoms with E-state index in [-0.39, 0.29) is 11.7 Å². The number of anilines is 1. The van der Waals surface area contributed by atoms with Crippen LogP contribution in [0.2, 0.25) is 0 Å². The molecule has 0 heterocycles. The highest BCUT2D eigenvalue weighted by Crippen LogP contribution is 2.30. The third kappa shape index (κ3) is 5.07. The lowest BCUT2D eigenvalue weighted by molar-refractivity contribution is -0.113. The molecule has 2 aromatic rings. The van der Waals surface area contributed by atoms with Gasteiger partial charge >= 0.3 is 0 Å². The van der Waals surface area contributed by atoms with Gasteiger partial charge in [0.05, 0.1) is 25.7 Å². The van der Waals surface area contributed by atoms with Crippen molar-refractivity contribution in [1.29, 1.82) is 0 Å². The minimum Gasteiger partial charge on any atom is -0.497 e. The second-order valence-electron chi connectivity index (χ2n) is 6.65. The van der Waals surface area contributed by atoms with Crippen LogP contribution >= 0.6 is 11.8 Å². The highest BCUT2D eigenvalue weighted by molar-refractivity contribution is 7.99. The molecule has 28 heavy (non-hydrogen) atoms. The van der Waals surface area contributed by atoms with E-state index in [0.29, 0.717) is 28.7 Å². The molecule has 0 saturated carbocycles. The molecule has 0 aromatic heterocycles. The van der Waals surface area contributed by atoms with Gasteiger partial charge in [0, 0.05) is 17.4 Å². The van der Waals surface area contributed by atoms with Gasteiger partial charge in [-0.2, -0.15) is 0 Å². The molecule has 2 rings (SSSR count). The molecule has 0 fully saturated rings. The van der Waals surface area contributed by atoms with Crippen molar-refractivity contribution in [3.8, 4) is 11.5 Å². The van der Waals surface area contributed by atoms with E-state index in [9.17, 15) is 9.59 Å². The van der Waals surface area contributed by atoms with Crippen molar-refractivity contribution in [2.75, 3.05) is 25.3 Å². The molecule has 0 unspecified atom stereocenters. The average Bonchev–Trinajstić information content (AvgIpc) is 2.63. The van der Waals surface area contributed by atoms with E-state index in [1.165, 1.54) is 11.8 Å². The van der Waals surface area contributed by atoms with E-state index in [1.54, 1.807) is 39.3 Å². The van der Waals surface area contributed by atoms with Gasteiger partial charge in [-0.3, -0.25) is 9.59 Å². The molecule has 1 N–H and O–H groups in total. The number of benzene rings is 2. The molecule has 150 valence electrons.